The van der Waals surface area contributed by atoms with E-state index in [4.69, 9.17) is 5.73 Å². The van der Waals surface area contributed by atoms with Crippen LogP contribution in [0.15, 0.2) is 0 Å². The van der Waals surface area contributed by atoms with Crippen LogP contribution in [0.2, 0.25) is 0 Å². The Bertz CT molecular complexity index is 837. The second-order valence-corrected chi connectivity index (χ2v) is 17.9. The fourth-order valence-electron chi connectivity index (χ4n) is 8.31. The summed E-state index contributed by atoms with van der Waals surface area (Å²) in [5.41, 5.74) is 5.54. The van der Waals surface area contributed by atoms with Gasteiger partial charge in [0.1, 0.15) is 6.04 Å². The Morgan fingerprint density at radius 2 is 0.649 bits per heavy atom. The molecule has 0 aromatic heterocycles. The molecule has 0 radical (unpaired) electrons. The molecule has 0 bridgehead atoms. The molecule has 0 heterocycles. The highest BCUT2D eigenvalue weighted by molar-refractivity contribution is 5.88. The monoisotopic (exact) mass is 804 g/mol. The highest BCUT2D eigenvalue weighted by Crippen LogP contribution is 2.17. The van der Waals surface area contributed by atoms with E-state index in [-0.39, 0.29) is 24.7 Å². The average Bonchev–Trinajstić information content (AvgIpc) is 3.20. The molecule has 57 heavy (non-hydrogen) atoms. The molecule has 3 N–H and O–H groups in total. The van der Waals surface area contributed by atoms with Crippen molar-refractivity contribution in [3.05, 3.63) is 0 Å². The Hall–Kier alpha value is -1.59. The van der Waals surface area contributed by atoms with E-state index < -0.39 is 11.9 Å². The molecule has 0 aliphatic carbocycles. The first kappa shape index (κ1) is 55.4. The first-order chi connectivity index (χ1) is 28.0. The molecule has 0 saturated heterocycles. The third-order valence-electron chi connectivity index (χ3n) is 12.2. The number of nitrogens with zero attached hydrogens (tertiary/aromatic N) is 1. The van der Waals surface area contributed by atoms with Gasteiger partial charge in [-0.2, -0.15) is 0 Å². The maximum atomic E-state index is 14.0. The highest BCUT2D eigenvalue weighted by atomic mass is 16.2. The SMILES string of the molecule is CCCCCCCCCCCCCCCCCC(=O)N[C@@H](CCC(N)=O)C(=O)N(CCCCCCCCCCCCCC)CCCCCCCCCCCCCC. The van der Waals surface area contributed by atoms with Crippen LogP contribution >= 0.6 is 0 Å². The van der Waals surface area contributed by atoms with Crippen LogP contribution in [-0.2, 0) is 14.4 Å². The Balaban J connectivity index is 4.70. The van der Waals surface area contributed by atoms with Gasteiger partial charge in [-0.15, -0.1) is 0 Å². The fourth-order valence-corrected chi connectivity index (χ4v) is 8.31. The predicted molar refractivity (Wildman–Crippen MR) is 249 cm³/mol. The summed E-state index contributed by atoms with van der Waals surface area (Å²) in [6.07, 6.45) is 51.2. The van der Waals surface area contributed by atoms with Gasteiger partial charge in [-0.1, -0.05) is 252 Å². The van der Waals surface area contributed by atoms with Gasteiger partial charge in [-0.25, -0.2) is 0 Å². The van der Waals surface area contributed by atoms with E-state index in [0.717, 1.165) is 51.6 Å². The van der Waals surface area contributed by atoms with Crippen LogP contribution in [0.1, 0.15) is 290 Å². The van der Waals surface area contributed by atoms with Crippen molar-refractivity contribution >= 4 is 17.7 Å². The Morgan fingerprint density at radius 3 is 0.930 bits per heavy atom. The molecule has 3 amide bonds. The van der Waals surface area contributed by atoms with Crippen LogP contribution in [0.4, 0.5) is 0 Å². The number of carbonyl (C=O) groups excluding carboxylic acids is 3. The van der Waals surface area contributed by atoms with Crippen molar-refractivity contribution in [3.63, 3.8) is 0 Å². The topological polar surface area (TPSA) is 92.5 Å². The number of primary amides is 1. The molecule has 0 aliphatic heterocycles. The van der Waals surface area contributed by atoms with Crippen LogP contribution in [-0.4, -0.2) is 41.8 Å². The van der Waals surface area contributed by atoms with Gasteiger partial charge < -0.3 is 16.0 Å². The molecule has 0 unspecified atom stereocenters. The van der Waals surface area contributed by atoms with Gasteiger partial charge in [0.25, 0.3) is 0 Å². The largest absolute Gasteiger partial charge is 0.370 e. The lowest BCUT2D eigenvalue weighted by Crippen LogP contribution is -2.49. The molecule has 338 valence electrons. The zero-order chi connectivity index (χ0) is 41.7. The summed E-state index contributed by atoms with van der Waals surface area (Å²) in [5, 5.41) is 3.06. The van der Waals surface area contributed by atoms with Gasteiger partial charge in [-0.3, -0.25) is 14.4 Å². The minimum absolute atomic E-state index is 0.0211. The number of amides is 3. The summed E-state index contributed by atoms with van der Waals surface area (Å²) in [5.74, 6) is -0.506. The summed E-state index contributed by atoms with van der Waals surface area (Å²) < 4.78 is 0. The minimum Gasteiger partial charge on any atom is -0.370 e. The highest BCUT2D eigenvalue weighted by Gasteiger charge is 2.26. The summed E-state index contributed by atoms with van der Waals surface area (Å²) in [7, 11) is 0. The predicted octanol–water partition coefficient (Wildman–Crippen LogP) is 15.2. The Morgan fingerprint density at radius 1 is 0.386 bits per heavy atom. The van der Waals surface area contributed by atoms with Crippen molar-refractivity contribution in [2.45, 2.75) is 296 Å². The number of nitrogens with one attached hydrogen (secondary N) is 1. The zero-order valence-corrected chi connectivity index (χ0v) is 38.9. The lowest BCUT2D eigenvalue weighted by atomic mass is 10.0. The van der Waals surface area contributed by atoms with Crippen molar-refractivity contribution < 1.29 is 14.4 Å². The standard InChI is InChI=1S/C51H101N3O3/c1-4-7-10-13-16-19-22-25-26-27-28-31-34-37-40-43-50(56)53-48(44-45-49(52)55)51(57)54(46-41-38-35-32-29-23-20-17-14-11-8-5-2)47-42-39-36-33-30-24-21-18-15-12-9-6-3/h48H,4-47H2,1-3H3,(H2,52,55)(H,53,56)/t48-/m0/s1. The van der Waals surface area contributed by atoms with E-state index in [0.29, 0.717) is 6.42 Å². The number of unbranched alkanes of at least 4 members (excludes halogenated alkanes) is 36. The molecule has 1 atom stereocenters. The van der Waals surface area contributed by atoms with Gasteiger partial charge in [0.15, 0.2) is 0 Å². The number of carbonyl (C=O) groups is 3. The molecule has 0 fully saturated rings. The second-order valence-electron chi connectivity index (χ2n) is 17.9. The number of nitrogens with two attached hydrogens (primary N) is 1. The maximum Gasteiger partial charge on any atom is 0.245 e. The van der Waals surface area contributed by atoms with Gasteiger partial charge in [0, 0.05) is 25.9 Å². The van der Waals surface area contributed by atoms with Crippen molar-refractivity contribution in [1.82, 2.24) is 10.2 Å². The third-order valence-corrected chi connectivity index (χ3v) is 12.2. The fraction of sp³-hybridized carbons (Fsp3) is 0.941. The van der Waals surface area contributed by atoms with Gasteiger partial charge in [0.2, 0.25) is 17.7 Å². The van der Waals surface area contributed by atoms with Crippen LogP contribution in [0.25, 0.3) is 0 Å². The lowest BCUT2D eigenvalue weighted by molar-refractivity contribution is -0.137. The molecule has 6 heteroatoms. The van der Waals surface area contributed by atoms with Crippen molar-refractivity contribution in [3.8, 4) is 0 Å². The summed E-state index contributed by atoms with van der Waals surface area (Å²) in [6, 6.07) is -0.670. The summed E-state index contributed by atoms with van der Waals surface area (Å²) in [4.78, 5) is 40.9. The van der Waals surface area contributed by atoms with Crippen molar-refractivity contribution in [2.24, 2.45) is 5.73 Å². The first-order valence-corrected chi connectivity index (χ1v) is 25.8. The second kappa shape index (κ2) is 45.5. The van der Waals surface area contributed by atoms with Gasteiger partial charge in [-0.05, 0) is 25.7 Å². The van der Waals surface area contributed by atoms with E-state index in [1.165, 1.54) is 212 Å². The van der Waals surface area contributed by atoms with E-state index in [9.17, 15) is 14.4 Å². The van der Waals surface area contributed by atoms with Crippen molar-refractivity contribution in [2.75, 3.05) is 13.1 Å². The molecule has 0 saturated carbocycles. The minimum atomic E-state index is -0.670. The molecule has 0 aromatic carbocycles. The van der Waals surface area contributed by atoms with E-state index in [2.05, 4.69) is 26.1 Å². The maximum absolute atomic E-state index is 14.0. The Labute approximate surface area is 356 Å². The summed E-state index contributed by atoms with van der Waals surface area (Å²) in [6.45, 7) is 8.29. The first-order valence-electron chi connectivity index (χ1n) is 25.8. The van der Waals surface area contributed by atoms with Gasteiger partial charge in [0.05, 0.1) is 0 Å². The smallest absolute Gasteiger partial charge is 0.245 e. The van der Waals surface area contributed by atoms with Crippen LogP contribution in [0.5, 0.6) is 0 Å². The van der Waals surface area contributed by atoms with Crippen LogP contribution in [0, 0.1) is 0 Å². The quantitative estimate of drug-likeness (QED) is 0.0600. The molecule has 0 aliphatic rings. The molecule has 0 rings (SSSR count). The zero-order valence-electron chi connectivity index (χ0n) is 38.9. The normalized spacial score (nSPS) is 11.9. The third kappa shape index (κ3) is 41.0. The number of rotatable bonds is 47. The number of hydrogen-bond donors (Lipinski definition) is 2. The Kier molecular flexibility index (Phi) is 44.2. The number of hydrogen-bond acceptors (Lipinski definition) is 3. The van der Waals surface area contributed by atoms with Crippen LogP contribution in [0.3, 0.4) is 0 Å². The molecule has 0 spiro atoms. The van der Waals surface area contributed by atoms with Crippen molar-refractivity contribution in [1.29, 1.82) is 0 Å². The van der Waals surface area contributed by atoms with E-state index >= 15 is 0 Å². The molecular formula is C51H101N3O3. The van der Waals surface area contributed by atoms with Crippen LogP contribution < -0.4 is 11.1 Å². The molecule has 6 nitrogen and oxygen atoms in total. The molecular weight excluding hydrogens is 703 g/mol. The average molecular weight is 804 g/mol. The van der Waals surface area contributed by atoms with E-state index in [1.54, 1.807) is 0 Å². The lowest BCUT2D eigenvalue weighted by Gasteiger charge is -2.28. The van der Waals surface area contributed by atoms with E-state index in [1.807, 2.05) is 4.90 Å². The van der Waals surface area contributed by atoms with Gasteiger partial charge >= 0.3 is 0 Å². The summed E-state index contributed by atoms with van der Waals surface area (Å²) >= 11 is 0. The molecule has 0 aromatic rings.